The number of nitrogens with two attached hydrogens (primary N) is 1. The van der Waals surface area contributed by atoms with Crippen molar-refractivity contribution in [2.24, 2.45) is 0 Å². The molecule has 0 bridgehead atoms. The lowest BCUT2D eigenvalue weighted by Gasteiger charge is -2.24. The third-order valence-electron chi connectivity index (χ3n) is 5.93. The number of nitrogens with zero attached hydrogens (tertiary/aromatic N) is 4. The Bertz CT molecular complexity index is 1370. The number of aromatic nitrogens is 4. The first kappa shape index (κ1) is 24.2. The molecule has 0 fully saturated rings. The molecule has 1 amide bonds. The molecule has 0 spiro atoms. The molecule has 4 rings (SSSR count). The molecule has 0 saturated heterocycles. The van der Waals surface area contributed by atoms with Gasteiger partial charge in [-0.3, -0.25) is 4.79 Å². The first-order chi connectivity index (χ1) is 16.4. The molecule has 35 heavy (non-hydrogen) atoms. The van der Waals surface area contributed by atoms with Crippen LogP contribution in [0, 0.1) is 0 Å². The summed E-state index contributed by atoms with van der Waals surface area (Å²) in [7, 11) is 0. The van der Waals surface area contributed by atoms with E-state index in [9.17, 15) is 18.0 Å². The molecule has 0 radical (unpaired) electrons. The van der Waals surface area contributed by atoms with Gasteiger partial charge in [0.15, 0.2) is 17.4 Å². The molecule has 3 N–H and O–H groups in total. The van der Waals surface area contributed by atoms with Gasteiger partial charge in [0, 0.05) is 17.3 Å². The van der Waals surface area contributed by atoms with Crippen LogP contribution in [0.2, 0.25) is 0 Å². The largest absolute Gasteiger partial charge is 0.401 e. The van der Waals surface area contributed by atoms with E-state index < -0.39 is 17.5 Å². The number of carbonyl (C=O) groups excluding carboxylic acids is 1. The molecule has 0 aliphatic rings. The summed E-state index contributed by atoms with van der Waals surface area (Å²) >= 11 is 0. The van der Waals surface area contributed by atoms with Gasteiger partial charge >= 0.3 is 6.18 Å². The van der Waals surface area contributed by atoms with Gasteiger partial charge in [-0.2, -0.15) is 18.3 Å². The van der Waals surface area contributed by atoms with Crippen LogP contribution >= 0.6 is 0 Å². The van der Waals surface area contributed by atoms with Crippen LogP contribution in [0.3, 0.4) is 0 Å². The van der Waals surface area contributed by atoms with Crippen molar-refractivity contribution in [3.63, 3.8) is 0 Å². The highest BCUT2D eigenvalue weighted by Crippen LogP contribution is 2.41. The van der Waals surface area contributed by atoms with E-state index >= 15 is 0 Å². The lowest BCUT2D eigenvalue weighted by Crippen LogP contribution is -2.35. The van der Waals surface area contributed by atoms with Gasteiger partial charge in [-0.05, 0) is 37.0 Å². The van der Waals surface area contributed by atoms with Crippen molar-refractivity contribution in [2.75, 3.05) is 11.1 Å². The maximum Gasteiger partial charge on any atom is 0.401 e. The Labute approximate surface area is 199 Å². The summed E-state index contributed by atoms with van der Waals surface area (Å²) in [6.45, 7) is 6.10. The first-order valence-electron chi connectivity index (χ1n) is 10.9. The van der Waals surface area contributed by atoms with Crippen molar-refractivity contribution < 1.29 is 22.5 Å². The van der Waals surface area contributed by atoms with Crippen LogP contribution < -0.4 is 11.1 Å². The highest BCUT2D eigenvalue weighted by Gasteiger charge is 2.51. The number of alkyl halides is 3. The minimum Gasteiger partial charge on any atom is -0.382 e. The Morgan fingerprint density at radius 1 is 1.17 bits per heavy atom. The topological polar surface area (TPSA) is 111 Å². The predicted molar refractivity (Wildman–Crippen MR) is 125 cm³/mol. The molecule has 0 saturated carbocycles. The minimum absolute atomic E-state index is 0.00411. The predicted octanol–water partition coefficient (Wildman–Crippen LogP) is 5.11. The number of rotatable bonds is 6. The number of carbonyl (C=O) groups is 1. The molecule has 0 atom stereocenters. The molecule has 0 aliphatic carbocycles. The summed E-state index contributed by atoms with van der Waals surface area (Å²) in [5, 5.41) is 10.4. The summed E-state index contributed by atoms with van der Waals surface area (Å²) in [5.74, 6) is -0.306. The molecule has 11 heteroatoms. The van der Waals surface area contributed by atoms with Gasteiger partial charge in [-0.25, -0.2) is 9.50 Å². The van der Waals surface area contributed by atoms with Crippen LogP contribution in [0.1, 0.15) is 50.6 Å². The van der Waals surface area contributed by atoms with Crippen LogP contribution in [0.4, 0.5) is 24.8 Å². The average Bonchev–Trinajstić information content (AvgIpc) is 3.39. The van der Waals surface area contributed by atoms with Gasteiger partial charge in [0.2, 0.25) is 5.91 Å². The van der Waals surface area contributed by atoms with Crippen LogP contribution in [-0.2, 0) is 16.6 Å². The summed E-state index contributed by atoms with van der Waals surface area (Å²) in [4.78, 5) is 16.5. The number of fused-ring (bicyclic) bond motifs is 1. The Morgan fingerprint density at radius 2 is 1.86 bits per heavy atom. The fraction of sp³-hybridized carbons (Fsp3) is 0.333. The van der Waals surface area contributed by atoms with Crippen molar-refractivity contribution in [3.05, 3.63) is 59.7 Å². The van der Waals surface area contributed by atoms with E-state index in [1.807, 2.05) is 18.2 Å². The fourth-order valence-corrected chi connectivity index (χ4v) is 3.67. The molecular formula is C24H25F3N6O2. The van der Waals surface area contributed by atoms with Gasteiger partial charge in [0.25, 0.3) is 0 Å². The van der Waals surface area contributed by atoms with Gasteiger partial charge in [-0.1, -0.05) is 43.3 Å². The molecule has 1 aromatic carbocycles. The van der Waals surface area contributed by atoms with Gasteiger partial charge in [0.1, 0.15) is 17.3 Å². The highest BCUT2D eigenvalue weighted by molar-refractivity contribution is 5.92. The summed E-state index contributed by atoms with van der Waals surface area (Å²) in [5.41, 5.74) is 8.08. The SMILES string of the molecule is CC(C)c1cc(-c2ccc(CC(=O)Nc3cc(C(C)(C)C(F)(F)F)on3)cc2)c2c(N)ncnn12. The van der Waals surface area contributed by atoms with E-state index in [1.54, 1.807) is 16.6 Å². The lowest BCUT2D eigenvalue weighted by atomic mass is 9.89. The Hall–Kier alpha value is -3.89. The Balaban J connectivity index is 1.50. The zero-order valence-corrected chi connectivity index (χ0v) is 19.6. The molecule has 3 aromatic heterocycles. The van der Waals surface area contributed by atoms with E-state index in [-0.39, 0.29) is 23.9 Å². The monoisotopic (exact) mass is 486 g/mol. The van der Waals surface area contributed by atoms with E-state index in [1.165, 1.54) is 6.33 Å². The van der Waals surface area contributed by atoms with Crippen molar-refractivity contribution >= 4 is 23.1 Å². The highest BCUT2D eigenvalue weighted by atomic mass is 19.4. The zero-order valence-electron chi connectivity index (χ0n) is 19.6. The van der Waals surface area contributed by atoms with Crippen LogP contribution in [-0.4, -0.2) is 31.8 Å². The van der Waals surface area contributed by atoms with Crippen LogP contribution in [0.15, 0.2) is 47.2 Å². The number of amides is 1. The first-order valence-corrected chi connectivity index (χ1v) is 10.9. The maximum atomic E-state index is 13.2. The second-order valence-electron chi connectivity index (χ2n) is 9.16. The standard InChI is InChI=1S/C24H25F3N6O2/c1-13(2)17-10-16(21-22(28)29-12-30-33(17)21)15-7-5-14(6-8-15)9-20(34)31-19-11-18(35-32-19)23(3,4)24(25,26)27/h5-8,10-13H,9H2,1-4H3,(H2,28,29,30)(H,31,32,34). The number of benzene rings is 1. The normalized spacial score (nSPS) is 12.5. The zero-order chi connectivity index (χ0) is 25.5. The van der Waals surface area contributed by atoms with Gasteiger partial charge in [0.05, 0.1) is 6.42 Å². The number of halogens is 3. The smallest absolute Gasteiger partial charge is 0.382 e. The van der Waals surface area contributed by atoms with Gasteiger partial charge < -0.3 is 15.6 Å². The molecule has 4 aromatic rings. The van der Waals surface area contributed by atoms with E-state index in [0.29, 0.717) is 16.9 Å². The average molecular weight is 486 g/mol. The molecule has 0 unspecified atom stereocenters. The van der Waals surface area contributed by atoms with E-state index in [0.717, 1.165) is 36.7 Å². The molecule has 8 nitrogen and oxygen atoms in total. The quantitative estimate of drug-likeness (QED) is 0.392. The summed E-state index contributed by atoms with van der Waals surface area (Å²) in [6.07, 6.45) is -3.10. The van der Waals surface area contributed by atoms with Crippen molar-refractivity contribution in [1.82, 2.24) is 19.8 Å². The number of nitrogens with one attached hydrogen (secondary N) is 1. The van der Waals surface area contributed by atoms with E-state index in [2.05, 4.69) is 34.4 Å². The Kier molecular flexibility index (Phi) is 6.04. The van der Waals surface area contributed by atoms with Crippen molar-refractivity contribution in [3.8, 4) is 11.1 Å². The summed E-state index contributed by atoms with van der Waals surface area (Å²) in [6, 6.07) is 10.5. The minimum atomic E-state index is -4.52. The number of hydrogen-bond acceptors (Lipinski definition) is 6. The summed E-state index contributed by atoms with van der Waals surface area (Å²) < 4.78 is 46.2. The maximum absolute atomic E-state index is 13.2. The number of hydrogen-bond donors (Lipinski definition) is 2. The molecular weight excluding hydrogens is 461 g/mol. The number of nitrogen functional groups attached to an aromatic ring is 1. The molecule has 3 heterocycles. The second kappa shape index (κ2) is 8.71. The van der Waals surface area contributed by atoms with Crippen LogP contribution in [0.5, 0.6) is 0 Å². The number of anilines is 2. The molecule has 0 aliphatic heterocycles. The lowest BCUT2D eigenvalue weighted by molar-refractivity contribution is -0.185. The fourth-order valence-electron chi connectivity index (χ4n) is 3.67. The van der Waals surface area contributed by atoms with Crippen LogP contribution in [0.25, 0.3) is 16.6 Å². The second-order valence-corrected chi connectivity index (χ2v) is 9.16. The Morgan fingerprint density at radius 3 is 2.49 bits per heavy atom. The van der Waals surface area contributed by atoms with Gasteiger partial charge in [-0.15, -0.1) is 0 Å². The van der Waals surface area contributed by atoms with E-state index in [4.69, 9.17) is 10.3 Å². The van der Waals surface area contributed by atoms with Crippen molar-refractivity contribution in [2.45, 2.75) is 51.6 Å². The van der Waals surface area contributed by atoms with Crippen molar-refractivity contribution in [1.29, 1.82) is 0 Å². The third kappa shape index (κ3) is 4.58. The third-order valence-corrected chi connectivity index (χ3v) is 5.93. The molecule has 184 valence electrons.